The number of nitrogens with zero attached hydrogens (tertiary/aromatic N) is 2. The van der Waals surface area contributed by atoms with E-state index in [9.17, 15) is 4.79 Å². The molecule has 0 fully saturated rings. The molecule has 0 unspecified atom stereocenters. The number of hydrogen-bond donors (Lipinski definition) is 0. The number of halogens is 1. The second kappa shape index (κ2) is 5.32. The van der Waals surface area contributed by atoms with Crippen molar-refractivity contribution in [1.29, 1.82) is 0 Å². The van der Waals surface area contributed by atoms with E-state index in [1.54, 1.807) is 0 Å². The van der Waals surface area contributed by atoms with Gasteiger partial charge in [0.05, 0.1) is 11.2 Å². The van der Waals surface area contributed by atoms with Crippen molar-refractivity contribution in [3.05, 3.63) is 58.1 Å². The minimum atomic E-state index is 0.0824. The number of likely N-dealkylation sites (N-methyl/N-ethyl adjacent to an activating group) is 1. The zero-order chi connectivity index (χ0) is 16.1. The molecule has 3 nitrogen and oxygen atoms in total. The third-order valence-electron chi connectivity index (χ3n) is 4.46. The Morgan fingerprint density at radius 2 is 1.83 bits per heavy atom. The molecule has 3 aromatic rings. The van der Waals surface area contributed by atoms with Gasteiger partial charge in [-0.25, -0.2) is 0 Å². The number of fused-ring (bicyclic) bond motifs is 5. The van der Waals surface area contributed by atoms with Crippen molar-refractivity contribution in [2.45, 2.75) is 6.42 Å². The van der Waals surface area contributed by atoms with E-state index in [0.29, 0.717) is 0 Å². The van der Waals surface area contributed by atoms with Crippen molar-refractivity contribution >= 4 is 32.7 Å². The van der Waals surface area contributed by atoms with Gasteiger partial charge in [-0.1, -0.05) is 34.1 Å². The van der Waals surface area contributed by atoms with Gasteiger partial charge in [-0.05, 0) is 50.3 Å². The lowest BCUT2D eigenvalue weighted by molar-refractivity contribution is 0.0973. The second-order valence-electron chi connectivity index (χ2n) is 6.23. The maximum absolute atomic E-state index is 12.9. The SMILES string of the molecule is CN(C)CCc1c2n(c3ccc(Br)cc13)C(=O)c1ccccc1-2. The number of rotatable bonds is 3. The Bertz CT molecular complexity index is 940. The molecule has 0 radical (unpaired) electrons. The van der Waals surface area contributed by atoms with E-state index in [4.69, 9.17) is 0 Å². The van der Waals surface area contributed by atoms with Gasteiger partial charge in [-0.15, -0.1) is 0 Å². The highest BCUT2D eigenvalue weighted by molar-refractivity contribution is 9.10. The molecular weight excluding hydrogens is 352 g/mol. The molecule has 2 heterocycles. The van der Waals surface area contributed by atoms with Crippen LogP contribution in [0.4, 0.5) is 0 Å². The van der Waals surface area contributed by atoms with Crippen molar-refractivity contribution in [2.24, 2.45) is 0 Å². The Kier molecular flexibility index (Phi) is 3.39. The van der Waals surface area contributed by atoms with Crippen LogP contribution in [0, 0.1) is 0 Å². The Morgan fingerprint density at radius 1 is 1.09 bits per heavy atom. The summed E-state index contributed by atoms with van der Waals surface area (Å²) in [6.07, 6.45) is 0.921. The standard InChI is InChI=1S/C19H17BrN2O/c1-21(2)10-9-14-16-11-12(20)7-8-17(16)22-18(14)13-5-3-4-6-15(13)19(22)23/h3-8,11H,9-10H2,1-2H3. The van der Waals surface area contributed by atoms with Crippen LogP contribution in [0.15, 0.2) is 46.9 Å². The summed E-state index contributed by atoms with van der Waals surface area (Å²) in [5, 5.41) is 1.17. The Hall–Kier alpha value is -1.91. The third kappa shape index (κ3) is 2.17. The minimum absolute atomic E-state index is 0.0824. The normalized spacial score (nSPS) is 13.0. The van der Waals surface area contributed by atoms with E-state index in [1.807, 2.05) is 34.9 Å². The molecule has 0 bridgehead atoms. The Morgan fingerprint density at radius 3 is 2.57 bits per heavy atom. The van der Waals surface area contributed by atoms with Crippen molar-refractivity contribution in [3.63, 3.8) is 0 Å². The van der Waals surface area contributed by atoms with Crippen molar-refractivity contribution in [2.75, 3.05) is 20.6 Å². The topological polar surface area (TPSA) is 25.2 Å². The van der Waals surface area contributed by atoms with Gasteiger partial charge >= 0.3 is 0 Å². The average Bonchev–Trinajstić information content (AvgIpc) is 2.99. The van der Waals surface area contributed by atoms with Crippen LogP contribution in [0.3, 0.4) is 0 Å². The Balaban J connectivity index is 2.04. The summed E-state index contributed by atoms with van der Waals surface area (Å²) in [5.41, 5.74) is 5.18. The molecule has 2 aromatic carbocycles. The largest absolute Gasteiger partial charge is 0.309 e. The lowest BCUT2D eigenvalue weighted by atomic mass is 10.00. The third-order valence-corrected chi connectivity index (χ3v) is 4.95. The molecule has 23 heavy (non-hydrogen) atoms. The molecule has 0 aliphatic carbocycles. The molecule has 1 aliphatic heterocycles. The minimum Gasteiger partial charge on any atom is -0.309 e. The van der Waals surface area contributed by atoms with Gasteiger partial charge in [0, 0.05) is 27.5 Å². The molecule has 4 heteroatoms. The quantitative estimate of drug-likeness (QED) is 0.542. The molecule has 0 spiro atoms. The highest BCUT2D eigenvalue weighted by Crippen LogP contribution is 2.41. The van der Waals surface area contributed by atoms with Crippen molar-refractivity contribution < 1.29 is 4.79 Å². The fourth-order valence-electron chi connectivity index (χ4n) is 3.41. The average molecular weight is 369 g/mol. The summed E-state index contributed by atoms with van der Waals surface area (Å²) in [7, 11) is 4.15. The van der Waals surface area contributed by atoms with Crippen molar-refractivity contribution in [3.8, 4) is 11.3 Å². The first-order valence-corrected chi connectivity index (χ1v) is 8.49. The van der Waals surface area contributed by atoms with E-state index in [0.717, 1.165) is 39.8 Å². The summed E-state index contributed by atoms with van der Waals surface area (Å²) < 4.78 is 2.93. The second-order valence-corrected chi connectivity index (χ2v) is 7.14. The zero-order valence-electron chi connectivity index (χ0n) is 13.1. The lowest BCUT2D eigenvalue weighted by Gasteiger charge is -2.10. The van der Waals surface area contributed by atoms with Crippen LogP contribution < -0.4 is 0 Å². The first-order chi connectivity index (χ1) is 11.1. The van der Waals surface area contributed by atoms with Crippen LogP contribution in [0.25, 0.3) is 22.2 Å². The number of benzene rings is 2. The van der Waals surface area contributed by atoms with Crippen molar-refractivity contribution in [1.82, 2.24) is 9.47 Å². The fraction of sp³-hybridized carbons (Fsp3) is 0.211. The van der Waals surface area contributed by atoms with Gasteiger partial charge in [0.1, 0.15) is 0 Å². The van der Waals surface area contributed by atoms with Crippen LogP contribution in [0.2, 0.25) is 0 Å². The highest BCUT2D eigenvalue weighted by atomic mass is 79.9. The van der Waals surface area contributed by atoms with E-state index >= 15 is 0 Å². The van der Waals surface area contributed by atoms with Gasteiger partial charge < -0.3 is 4.90 Å². The van der Waals surface area contributed by atoms with Crippen LogP contribution in [0.5, 0.6) is 0 Å². The molecule has 116 valence electrons. The number of carbonyl (C=O) groups is 1. The number of hydrogen-bond acceptors (Lipinski definition) is 2. The molecule has 0 saturated carbocycles. The first kappa shape index (κ1) is 14.7. The van der Waals surface area contributed by atoms with Crippen LogP contribution >= 0.6 is 15.9 Å². The summed E-state index contributed by atoms with van der Waals surface area (Å²) >= 11 is 3.56. The van der Waals surface area contributed by atoms with Gasteiger partial charge in [0.15, 0.2) is 0 Å². The predicted octanol–water partition coefficient (Wildman–Crippen LogP) is 4.18. The number of aromatic nitrogens is 1. The molecule has 0 atom stereocenters. The van der Waals surface area contributed by atoms with Crippen LogP contribution in [0.1, 0.15) is 15.9 Å². The molecule has 1 aromatic heterocycles. The van der Waals surface area contributed by atoms with E-state index in [1.165, 1.54) is 10.9 Å². The van der Waals surface area contributed by atoms with Gasteiger partial charge in [0.2, 0.25) is 0 Å². The molecule has 0 saturated heterocycles. The van der Waals surface area contributed by atoms with E-state index < -0.39 is 0 Å². The fourth-order valence-corrected chi connectivity index (χ4v) is 3.77. The maximum atomic E-state index is 12.9. The summed E-state index contributed by atoms with van der Waals surface area (Å²) in [6.45, 7) is 0.953. The summed E-state index contributed by atoms with van der Waals surface area (Å²) in [4.78, 5) is 15.1. The van der Waals surface area contributed by atoms with E-state index in [-0.39, 0.29) is 5.91 Å². The lowest BCUT2D eigenvalue weighted by Crippen LogP contribution is -2.15. The predicted molar refractivity (Wildman–Crippen MR) is 97.1 cm³/mol. The molecular formula is C19H17BrN2O. The monoisotopic (exact) mass is 368 g/mol. The van der Waals surface area contributed by atoms with Gasteiger partial charge in [-0.3, -0.25) is 9.36 Å². The summed E-state index contributed by atoms with van der Waals surface area (Å²) in [6, 6.07) is 14.1. The zero-order valence-corrected chi connectivity index (χ0v) is 14.7. The van der Waals surface area contributed by atoms with Crippen LogP contribution in [-0.4, -0.2) is 36.0 Å². The molecule has 4 rings (SSSR count). The first-order valence-electron chi connectivity index (χ1n) is 7.69. The maximum Gasteiger partial charge on any atom is 0.263 e. The van der Waals surface area contributed by atoms with Gasteiger partial charge in [-0.2, -0.15) is 0 Å². The van der Waals surface area contributed by atoms with E-state index in [2.05, 4.69) is 47.1 Å². The smallest absolute Gasteiger partial charge is 0.263 e. The Labute approximate surface area is 143 Å². The highest BCUT2D eigenvalue weighted by Gasteiger charge is 2.31. The molecule has 0 N–H and O–H groups in total. The summed E-state index contributed by atoms with van der Waals surface area (Å²) in [5.74, 6) is 0.0824. The van der Waals surface area contributed by atoms with Crippen LogP contribution in [-0.2, 0) is 6.42 Å². The molecule has 1 aliphatic rings. The number of carbonyl (C=O) groups excluding carboxylic acids is 1. The molecule has 0 amide bonds. The van der Waals surface area contributed by atoms with Gasteiger partial charge in [0.25, 0.3) is 5.91 Å².